The summed E-state index contributed by atoms with van der Waals surface area (Å²) in [5.74, 6) is 0.390. The standard InChI is InChI=1S/C24H21N3O3/c1-15-11-20-22(24(28)27(15)14-16-7-4-3-5-8-16)21(19(13-25)23(26)30-20)17-9-6-10-18(12-17)29-2/h3-12,21H,14,26H2,1-2H3. The molecule has 1 aliphatic rings. The third-order valence-corrected chi connectivity index (χ3v) is 5.30. The first-order valence-corrected chi connectivity index (χ1v) is 9.53. The number of nitrogens with two attached hydrogens (primary N) is 1. The van der Waals surface area contributed by atoms with Crippen LogP contribution >= 0.6 is 0 Å². The molecular formula is C24H21N3O3. The third-order valence-electron chi connectivity index (χ3n) is 5.30. The van der Waals surface area contributed by atoms with Crippen LogP contribution in [-0.2, 0) is 6.54 Å². The van der Waals surface area contributed by atoms with Crippen molar-refractivity contribution in [1.82, 2.24) is 4.57 Å². The van der Waals surface area contributed by atoms with Crippen molar-refractivity contribution in [2.24, 2.45) is 5.73 Å². The fraction of sp³-hybridized carbons (Fsp3) is 0.167. The van der Waals surface area contributed by atoms with E-state index in [1.165, 1.54) is 0 Å². The van der Waals surface area contributed by atoms with Crippen LogP contribution in [0.1, 0.15) is 28.3 Å². The van der Waals surface area contributed by atoms with Gasteiger partial charge in [0.25, 0.3) is 5.56 Å². The van der Waals surface area contributed by atoms with Crippen LogP contribution in [0.25, 0.3) is 0 Å². The molecule has 2 N–H and O–H groups in total. The van der Waals surface area contributed by atoms with Crippen molar-refractivity contribution in [2.75, 3.05) is 7.11 Å². The summed E-state index contributed by atoms with van der Waals surface area (Å²) < 4.78 is 12.7. The van der Waals surface area contributed by atoms with Gasteiger partial charge in [0.1, 0.15) is 23.1 Å². The number of hydrogen-bond acceptors (Lipinski definition) is 5. The summed E-state index contributed by atoms with van der Waals surface area (Å²) in [6.45, 7) is 2.28. The van der Waals surface area contributed by atoms with Gasteiger partial charge in [0.2, 0.25) is 5.88 Å². The average Bonchev–Trinajstić information content (AvgIpc) is 2.76. The van der Waals surface area contributed by atoms with Crippen LogP contribution in [0.3, 0.4) is 0 Å². The molecule has 1 aromatic heterocycles. The van der Waals surface area contributed by atoms with Gasteiger partial charge in [-0.25, -0.2) is 0 Å². The summed E-state index contributed by atoms with van der Waals surface area (Å²) in [5, 5.41) is 9.79. The maximum atomic E-state index is 13.6. The fourth-order valence-electron chi connectivity index (χ4n) is 3.80. The number of ether oxygens (including phenoxy) is 2. The minimum Gasteiger partial charge on any atom is -0.497 e. The SMILES string of the molecule is COc1cccc(C2C(C#N)=C(N)Oc3cc(C)n(Cc4ccccc4)c(=O)c32)c1. The van der Waals surface area contributed by atoms with Gasteiger partial charge in [-0.2, -0.15) is 5.26 Å². The largest absolute Gasteiger partial charge is 0.497 e. The van der Waals surface area contributed by atoms with E-state index in [1.807, 2.05) is 61.5 Å². The Bertz CT molecular complexity index is 1240. The number of pyridine rings is 1. The minimum absolute atomic E-state index is 0.0115. The Morgan fingerprint density at radius 3 is 2.63 bits per heavy atom. The van der Waals surface area contributed by atoms with E-state index in [0.717, 1.165) is 16.8 Å². The van der Waals surface area contributed by atoms with Crippen molar-refractivity contribution in [3.8, 4) is 17.6 Å². The van der Waals surface area contributed by atoms with Gasteiger partial charge >= 0.3 is 0 Å². The summed E-state index contributed by atoms with van der Waals surface area (Å²) in [6.07, 6.45) is 0. The van der Waals surface area contributed by atoms with E-state index in [0.29, 0.717) is 23.6 Å². The molecule has 0 saturated carbocycles. The zero-order valence-electron chi connectivity index (χ0n) is 16.8. The highest BCUT2D eigenvalue weighted by molar-refractivity contribution is 5.56. The molecule has 6 heteroatoms. The molecule has 30 heavy (non-hydrogen) atoms. The number of rotatable bonds is 4. The van der Waals surface area contributed by atoms with E-state index < -0.39 is 5.92 Å². The van der Waals surface area contributed by atoms with Crippen LogP contribution in [0.5, 0.6) is 11.5 Å². The molecule has 3 aromatic rings. The molecular weight excluding hydrogens is 378 g/mol. The van der Waals surface area contributed by atoms with Crippen LogP contribution in [0.2, 0.25) is 0 Å². The molecule has 150 valence electrons. The lowest BCUT2D eigenvalue weighted by atomic mass is 9.84. The number of nitriles is 1. The molecule has 1 atom stereocenters. The molecule has 0 radical (unpaired) electrons. The average molecular weight is 399 g/mol. The monoisotopic (exact) mass is 399 g/mol. The van der Waals surface area contributed by atoms with Crippen LogP contribution in [0.15, 0.2) is 76.9 Å². The van der Waals surface area contributed by atoms with Gasteiger partial charge in [0, 0.05) is 11.8 Å². The van der Waals surface area contributed by atoms with Crippen molar-refractivity contribution in [1.29, 1.82) is 5.26 Å². The molecule has 4 rings (SSSR count). The number of aromatic nitrogens is 1. The second-order valence-corrected chi connectivity index (χ2v) is 7.14. The lowest BCUT2D eigenvalue weighted by Gasteiger charge is -2.27. The Labute approximate surface area is 174 Å². The van der Waals surface area contributed by atoms with Gasteiger partial charge in [0.15, 0.2) is 0 Å². The number of benzene rings is 2. The first kappa shape index (κ1) is 19.3. The van der Waals surface area contributed by atoms with Crippen molar-refractivity contribution >= 4 is 0 Å². The maximum Gasteiger partial charge on any atom is 0.259 e. The Balaban J connectivity index is 1.93. The normalized spacial score (nSPS) is 15.2. The van der Waals surface area contributed by atoms with Crippen LogP contribution in [0, 0.1) is 18.3 Å². The van der Waals surface area contributed by atoms with Crippen LogP contribution < -0.4 is 20.8 Å². The first-order chi connectivity index (χ1) is 14.5. The Kier molecular flexibility index (Phi) is 5.03. The quantitative estimate of drug-likeness (QED) is 0.726. The van der Waals surface area contributed by atoms with E-state index in [2.05, 4.69) is 6.07 Å². The van der Waals surface area contributed by atoms with Crippen LogP contribution in [0.4, 0.5) is 0 Å². The zero-order chi connectivity index (χ0) is 21.3. The number of allylic oxidation sites excluding steroid dienone is 1. The van der Waals surface area contributed by atoms with Gasteiger partial charge in [-0.1, -0.05) is 42.5 Å². The number of fused-ring (bicyclic) bond motifs is 1. The molecule has 2 heterocycles. The lowest BCUT2D eigenvalue weighted by molar-refractivity contribution is 0.388. The summed E-state index contributed by atoms with van der Waals surface area (Å²) in [4.78, 5) is 13.6. The minimum atomic E-state index is -0.635. The third kappa shape index (κ3) is 3.31. The predicted octanol–water partition coefficient (Wildman–Crippen LogP) is 3.43. The number of hydrogen-bond donors (Lipinski definition) is 1. The molecule has 1 unspecified atom stereocenters. The van der Waals surface area contributed by atoms with Crippen molar-refractivity contribution < 1.29 is 9.47 Å². The fourth-order valence-corrected chi connectivity index (χ4v) is 3.80. The van der Waals surface area contributed by atoms with Gasteiger partial charge in [-0.15, -0.1) is 0 Å². The molecule has 0 spiro atoms. The van der Waals surface area contributed by atoms with Gasteiger partial charge < -0.3 is 19.8 Å². The van der Waals surface area contributed by atoms with E-state index in [1.54, 1.807) is 17.7 Å². The number of aryl methyl sites for hydroxylation is 1. The summed E-state index contributed by atoms with van der Waals surface area (Å²) in [7, 11) is 1.57. The maximum absolute atomic E-state index is 13.6. The summed E-state index contributed by atoms with van der Waals surface area (Å²) in [5.41, 5.74) is 8.96. The number of nitrogens with zero attached hydrogens (tertiary/aromatic N) is 2. The highest BCUT2D eigenvalue weighted by Crippen LogP contribution is 2.41. The smallest absolute Gasteiger partial charge is 0.259 e. The zero-order valence-corrected chi connectivity index (χ0v) is 16.8. The Hall–Kier alpha value is -3.98. The van der Waals surface area contributed by atoms with Gasteiger partial charge in [0.05, 0.1) is 25.1 Å². The lowest BCUT2D eigenvalue weighted by Crippen LogP contribution is -2.33. The van der Waals surface area contributed by atoms with Gasteiger partial charge in [-0.3, -0.25) is 4.79 Å². The molecule has 2 aromatic carbocycles. The molecule has 0 fully saturated rings. The second kappa shape index (κ2) is 7.80. The van der Waals surface area contributed by atoms with E-state index >= 15 is 0 Å². The molecule has 0 bridgehead atoms. The number of methoxy groups -OCH3 is 1. The predicted molar refractivity (Wildman–Crippen MR) is 113 cm³/mol. The van der Waals surface area contributed by atoms with Crippen molar-refractivity contribution in [3.05, 3.63) is 105 Å². The highest BCUT2D eigenvalue weighted by Gasteiger charge is 2.34. The molecule has 0 amide bonds. The van der Waals surface area contributed by atoms with Gasteiger partial charge in [-0.05, 0) is 30.2 Å². The Morgan fingerprint density at radius 1 is 1.17 bits per heavy atom. The highest BCUT2D eigenvalue weighted by atomic mass is 16.5. The van der Waals surface area contributed by atoms with Crippen molar-refractivity contribution in [2.45, 2.75) is 19.4 Å². The molecule has 1 aliphatic heterocycles. The molecule has 0 aliphatic carbocycles. The topological polar surface area (TPSA) is 90.3 Å². The summed E-state index contributed by atoms with van der Waals surface area (Å²) in [6, 6.07) is 21.0. The molecule has 0 saturated heterocycles. The van der Waals surface area contributed by atoms with E-state index in [9.17, 15) is 10.1 Å². The molecule has 6 nitrogen and oxygen atoms in total. The summed E-state index contributed by atoms with van der Waals surface area (Å²) >= 11 is 0. The Morgan fingerprint density at radius 2 is 1.93 bits per heavy atom. The first-order valence-electron chi connectivity index (χ1n) is 9.53. The van der Waals surface area contributed by atoms with E-state index in [4.69, 9.17) is 15.2 Å². The van der Waals surface area contributed by atoms with Crippen molar-refractivity contribution in [3.63, 3.8) is 0 Å². The second-order valence-electron chi connectivity index (χ2n) is 7.14. The van der Waals surface area contributed by atoms with Crippen LogP contribution in [-0.4, -0.2) is 11.7 Å². The van der Waals surface area contributed by atoms with E-state index in [-0.39, 0.29) is 17.0 Å².